The molecule has 0 bridgehead atoms. The van der Waals surface area contributed by atoms with Crippen LogP contribution in [0.5, 0.6) is 0 Å². The van der Waals surface area contributed by atoms with Gasteiger partial charge < -0.3 is 9.59 Å². The van der Waals surface area contributed by atoms with Gasteiger partial charge in [0.05, 0.1) is 0 Å². The summed E-state index contributed by atoms with van der Waals surface area (Å²) in [5.74, 6) is 0. The summed E-state index contributed by atoms with van der Waals surface area (Å²) < 4.78 is 0. The van der Waals surface area contributed by atoms with Gasteiger partial charge in [0.15, 0.2) is 19.5 Å². The van der Waals surface area contributed by atoms with Crippen molar-refractivity contribution in [1.29, 1.82) is 0 Å². The van der Waals surface area contributed by atoms with Crippen LogP contribution in [0.15, 0.2) is 60.7 Å². The highest BCUT2D eigenvalue weighted by Crippen LogP contribution is 2.24. The van der Waals surface area contributed by atoms with E-state index in [4.69, 9.17) is 9.59 Å². The average molecular weight is 411 g/mol. The van der Waals surface area contributed by atoms with Crippen molar-refractivity contribution in [2.45, 2.75) is 41.5 Å². The van der Waals surface area contributed by atoms with Crippen molar-refractivity contribution in [2.24, 2.45) is 0 Å². The first-order valence-electron chi connectivity index (χ1n) is 9.66. The van der Waals surface area contributed by atoms with Crippen LogP contribution < -0.4 is 10.4 Å². The van der Waals surface area contributed by atoms with Gasteiger partial charge >= 0.3 is 0 Å². The molecule has 0 saturated carbocycles. The molecule has 0 saturated heterocycles. The summed E-state index contributed by atoms with van der Waals surface area (Å²) in [5, 5.41) is 2.21. The molecule has 0 heterocycles. The fourth-order valence-corrected chi connectivity index (χ4v) is 3.82. The van der Waals surface area contributed by atoms with Crippen LogP contribution in [0.2, 0.25) is 0 Å². The Morgan fingerprint density at radius 1 is 0.429 bits per heavy atom. The highest BCUT2D eigenvalue weighted by molar-refractivity contribution is 6.45. The average Bonchev–Trinajstić information content (AvgIpc) is 2.77. The van der Waals surface area contributed by atoms with Crippen LogP contribution in [0.1, 0.15) is 33.4 Å². The maximum Gasteiger partial charge on any atom is 0.187 e. The third-order valence-corrected chi connectivity index (χ3v) is 7.10. The van der Waals surface area contributed by atoms with Gasteiger partial charge in [0, 0.05) is 0 Å². The first-order valence-corrected chi connectivity index (χ1v) is 12.3. The Hall–Kier alpha value is -1.99. The molecule has 0 radical (unpaired) electrons. The van der Waals surface area contributed by atoms with Gasteiger partial charge in [0.2, 0.25) is 0 Å². The summed E-state index contributed by atoms with van der Waals surface area (Å²) in [7, 11) is -1.82. The molecule has 0 spiro atoms. The van der Waals surface area contributed by atoms with E-state index in [1.54, 1.807) is 0 Å². The number of rotatable bonds is 2. The van der Waals surface area contributed by atoms with Gasteiger partial charge in [-0.3, -0.25) is 0 Å². The molecule has 4 heteroatoms. The van der Waals surface area contributed by atoms with Gasteiger partial charge in [-0.15, -0.1) is 0 Å². The lowest BCUT2D eigenvalue weighted by atomic mass is 9.90. The molecule has 0 aliphatic rings. The summed E-state index contributed by atoms with van der Waals surface area (Å²) >= 11 is 0. The molecule has 150 valence electrons. The highest BCUT2D eigenvalue weighted by atomic mass is 28.2. The van der Waals surface area contributed by atoms with E-state index in [0.29, 0.717) is 0 Å². The van der Waals surface area contributed by atoms with Crippen LogP contribution in [0.25, 0.3) is 0 Å². The second-order valence-electron chi connectivity index (χ2n) is 7.04. The zero-order valence-corrected chi connectivity index (χ0v) is 20.9. The predicted octanol–water partition coefficient (Wildman–Crippen LogP) is 2.31. The smallest absolute Gasteiger partial charge is 0.187 e. The maximum absolute atomic E-state index is 8.68. The second-order valence-corrected chi connectivity index (χ2v) is 9.30. The lowest BCUT2D eigenvalue weighted by Gasteiger charge is -2.15. The Kier molecular flexibility index (Phi) is 10.7. The van der Waals surface area contributed by atoms with Crippen molar-refractivity contribution >= 4 is 29.9 Å². The van der Waals surface area contributed by atoms with E-state index >= 15 is 0 Å². The lowest BCUT2D eigenvalue weighted by Crippen LogP contribution is -2.11. The molecular formula is C24H34O2Si2. The standard InChI is InChI=1S/C12H18.2C6H8OSi/c1-7-8(2)10(4)12(6)11(5)9(7)3;2*7-8-6-4-2-1-3-5-6/h1-6H3;2*1-5,7H,8H2. The van der Waals surface area contributed by atoms with Crippen LogP contribution in [0.3, 0.4) is 0 Å². The Morgan fingerprint density at radius 3 is 0.786 bits per heavy atom. The molecule has 0 fully saturated rings. The summed E-state index contributed by atoms with van der Waals surface area (Å²) in [4.78, 5) is 17.4. The third kappa shape index (κ3) is 7.21. The number of benzene rings is 3. The molecule has 28 heavy (non-hydrogen) atoms. The quantitative estimate of drug-likeness (QED) is 0.637. The van der Waals surface area contributed by atoms with Crippen LogP contribution in [0.4, 0.5) is 0 Å². The van der Waals surface area contributed by atoms with E-state index in [-0.39, 0.29) is 0 Å². The second kappa shape index (κ2) is 12.5. The van der Waals surface area contributed by atoms with E-state index in [0.717, 1.165) is 10.4 Å². The first kappa shape index (κ1) is 24.1. The van der Waals surface area contributed by atoms with Crippen LogP contribution in [-0.2, 0) is 0 Å². The van der Waals surface area contributed by atoms with E-state index < -0.39 is 19.5 Å². The minimum Gasteiger partial charge on any atom is -0.433 e. The molecule has 3 aromatic rings. The normalized spacial score (nSPS) is 10.6. The van der Waals surface area contributed by atoms with Crippen LogP contribution in [-0.4, -0.2) is 29.1 Å². The van der Waals surface area contributed by atoms with E-state index in [9.17, 15) is 0 Å². The van der Waals surface area contributed by atoms with Crippen molar-refractivity contribution in [2.75, 3.05) is 0 Å². The first-order chi connectivity index (χ1) is 13.3. The van der Waals surface area contributed by atoms with Gasteiger partial charge in [-0.05, 0) is 85.3 Å². The fourth-order valence-electron chi connectivity index (χ4n) is 2.85. The summed E-state index contributed by atoms with van der Waals surface area (Å²) in [6.45, 7) is 13.3. The maximum atomic E-state index is 8.68. The van der Waals surface area contributed by atoms with Crippen molar-refractivity contribution < 1.29 is 9.59 Å². The molecular weight excluding hydrogens is 376 g/mol. The van der Waals surface area contributed by atoms with Crippen molar-refractivity contribution in [3.8, 4) is 0 Å². The van der Waals surface area contributed by atoms with Crippen molar-refractivity contribution in [3.05, 3.63) is 94.0 Å². The van der Waals surface area contributed by atoms with Crippen LogP contribution in [0, 0.1) is 41.5 Å². The van der Waals surface area contributed by atoms with Gasteiger partial charge in [-0.25, -0.2) is 0 Å². The molecule has 0 unspecified atom stereocenters. The highest BCUT2D eigenvalue weighted by Gasteiger charge is 2.07. The van der Waals surface area contributed by atoms with E-state index in [2.05, 4.69) is 41.5 Å². The van der Waals surface area contributed by atoms with Gasteiger partial charge in [0.1, 0.15) is 0 Å². The van der Waals surface area contributed by atoms with E-state index in [1.165, 1.54) is 33.4 Å². The molecule has 0 aliphatic heterocycles. The van der Waals surface area contributed by atoms with Crippen molar-refractivity contribution in [1.82, 2.24) is 0 Å². The number of hydrogen-bond acceptors (Lipinski definition) is 2. The van der Waals surface area contributed by atoms with Gasteiger partial charge in [0.25, 0.3) is 0 Å². The molecule has 0 amide bonds. The van der Waals surface area contributed by atoms with Crippen LogP contribution >= 0.6 is 0 Å². The topological polar surface area (TPSA) is 40.5 Å². The molecule has 0 aliphatic carbocycles. The Bertz CT molecular complexity index is 703. The van der Waals surface area contributed by atoms with Gasteiger partial charge in [-0.1, -0.05) is 60.7 Å². The Morgan fingerprint density at radius 2 is 0.643 bits per heavy atom. The molecule has 0 atom stereocenters. The Labute approximate surface area is 175 Å². The SMILES string of the molecule is Cc1c(C)c(C)c(C)c(C)c1C.O[SiH2]c1ccccc1.O[SiH2]c1ccccc1. The molecule has 3 rings (SSSR count). The molecule has 3 aromatic carbocycles. The third-order valence-electron chi connectivity index (χ3n) is 5.43. The van der Waals surface area contributed by atoms with Crippen molar-refractivity contribution in [3.63, 3.8) is 0 Å². The lowest BCUT2D eigenvalue weighted by molar-refractivity contribution is 0.615. The minimum atomic E-state index is -0.909. The molecule has 2 nitrogen and oxygen atoms in total. The van der Waals surface area contributed by atoms with Gasteiger partial charge in [-0.2, -0.15) is 0 Å². The zero-order chi connectivity index (χ0) is 21.1. The molecule has 0 aromatic heterocycles. The largest absolute Gasteiger partial charge is 0.433 e. The minimum absolute atomic E-state index is 0.909. The zero-order valence-electron chi connectivity index (χ0n) is 18.1. The number of hydrogen-bond donors (Lipinski definition) is 2. The summed E-state index contributed by atoms with van der Waals surface area (Å²) in [6.07, 6.45) is 0. The van der Waals surface area contributed by atoms with E-state index in [1.807, 2.05) is 60.7 Å². The summed E-state index contributed by atoms with van der Waals surface area (Å²) in [5.41, 5.74) is 8.73. The predicted molar refractivity (Wildman–Crippen MR) is 129 cm³/mol. The Balaban J connectivity index is 0.000000217. The summed E-state index contributed by atoms with van der Waals surface area (Å²) in [6, 6.07) is 19.5. The fraction of sp³-hybridized carbons (Fsp3) is 0.250. The monoisotopic (exact) mass is 410 g/mol. The molecule has 2 N–H and O–H groups in total.